The molecule has 9 nitrogen and oxygen atoms in total. The van der Waals surface area contributed by atoms with Crippen LogP contribution in [0.3, 0.4) is 0 Å². The minimum Gasteiger partial charge on any atom is -0.361 e. The molecule has 0 saturated carbocycles. The van der Waals surface area contributed by atoms with Crippen LogP contribution in [0, 0.1) is 11.8 Å². The first-order valence-electron chi connectivity index (χ1n) is 16.3. The Kier molecular flexibility index (Phi) is 13.7. The number of epoxide rings is 1. The zero-order chi connectivity index (χ0) is 33.0. The van der Waals surface area contributed by atoms with E-state index in [0.29, 0.717) is 38.2 Å². The second-order valence-corrected chi connectivity index (χ2v) is 13.2. The Bertz CT molecular complexity index is 1250. The van der Waals surface area contributed by atoms with E-state index in [1.807, 2.05) is 74.5 Å². The van der Waals surface area contributed by atoms with Crippen LogP contribution in [-0.4, -0.2) is 66.9 Å². The number of carbonyl (C=O) groups excluding carboxylic acids is 4. The van der Waals surface area contributed by atoms with E-state index in [1.165, 1.54) is 0 Å². The summed E-state index contributed by atoms with van der Waals surface area (Å²) in [6, 6.07) is 16.4. The van der Waals surface area contributed by atoms with Gasteiger partial charge in [0.15, 0.2) is 5.78 Å². The van der Waals surface area contributed by atoms with Gasteiger partial charge < -0.3 is 26.0 Å². The number of ether oxygens (including phenoxy) is 1. The van der Waals surface area contributed by atoms with E-state index in [-0.39, 0.29) is 24.0 Å². The van der Waals surface area contributed by atoms with Gasteiger partial charge in [-0.1, -0.05) is 88.4 Å². The van der Waals surface area contributed by atoms with Crippen molar-refractivity contribution in [2.75, 3.05) is 13.7 Å². The van der Waals surface area contributed by atoms with E-state index in [9.17, 15) is 19.2 Å². The molecule has 9 heteroatoms. The van der Waals surface area contributed by atoms with Crippen molar-refractivity contribution in [1.82, 2.24) is 21.3 Å². The molecular weight excluding hydrogens is 568 g/mol. The molecule has 0 radical (unpaired) electrons. The van der Waals surface area contributed by atoms with E-state index in [0.717, 1.165) is 17.5 Å². The van der Waals surface area contributed by atoms with Crippen LogP contribution in [0.25, 0.3) is 0 Å². The second-order valence-electron chi connectivity index (χ2n) is 13.2. The highest BCUT2D eigenvalue weighted by Crippen LogP contribution is 2.29. The van der Waals surface area contributed by atoms with Crippen molar-refractivity contribution in [3.05, 3.63) is 71.8 Å². The van der Waals surface area contributed by atoms with E-state index in [4.69, 9.17) is 4.74 Å². The third kappa shape index (κ3) is 11.7. The summed E-state index contributed by atoms with van der Waals surface area (Å²) >= 11 is 0. The predicted molar refractivity (Wildman–Crippen MR) is 176 cm³/mol. The van der Waals surface area contributed by atoms with Gasteiger partial charge in [-0.2, -0.15) is 0 Å². The molecule has 1 saturated heterocycles. The summed E-state index contributed by atoms with van der Waals surface area (Å²) in [7, 11) is 1.73. The number of benzene rings is 2. The lowest BCUT2D eigenvalue weighted by atomic mass is 9.93. The van der Waals surface area contributed by atoms with Gasteiger partial charge in [-0.05, 0) is 69.0 Å². The highest BCUT2D eigenvalue weighted by Gasteiger charge is 2.50. The van der Waals surface area contributed by atoms with Crippen molar-refractivity contribution < 1.29 is 23.9 Å². The Hall–Kier alpha value is -3.56. The maximum absolute atomic E-state index is 13.8. The van der Waals surface area contributed by atoms with Crippen molar-refractivity contribution in [1.29, 1.82) is 0 Å². The van der Waals surface area contributed by atoms with Gasteiger partial charge in [0.25, 0.3) is 0 Å². The maximum Gasteiger partial charge on any atom is 0.243 e. The largest absolute Gasteiger partial charge is 0.361 e. The summed E-state index contributed by atoms with van der Waals surface area (Å²) in [6.45, 7) is 10.2. The molecular formula is C36H52N4O5. The maximum atomic E-state index is 13.8. The molecule has 3 rings (SSSR count). The van der Waals surface area contributed by atoms with Crippen LogP contribution < -0.4 is 21.3 Å². The number of carbonyl (C=O) groups is 4. The fraction of sp³-hybridized carbons (Fsp3) is 0.556. The number of likely N-dealkylation sites (N-methyl/N-ethyl adjacent to an activating group) is 1. The number of amides is 3. The predicted octanol–water partition coefficient (Wildman–Crippen LogP) is 3.74. The molecule has 4 N–H and O–H groups in total. The molecule has 2 aromatic rings. The first kappa shape index (κ1) is 35.9. The Morgan fingerprint density at radius 2 is 1.20 bits per heavy atom. The van der Waals surface area contributed by atoms with Crippen molar-refractivity contribution in [2.24, 2.45) is 11.8 Å². The quantitative estimate of drug-likeness (QED) is 0.177. The molecule has 3 amide bonds. The summed E-state index contributed by atoms with van der Waals surface area (Å²) in [5, 5.41) is 11.9. The van der Waals surface area contributed by atoms with Crippen molar-refractivity contribution in [2.45, 2.75) is 103 Å². The molecule has 1 fully saturated rings. The normalized spacial score (nSPS) is 18.5. The molecule has 0 bridgehead atoms. The van der Waals surface area contributed by atoms with E-state index in [2.05, 4.69) is 35.1 Å². The van der Waals surface area contributed by atoms with Crippen molar-refractivity contribution in [3.63, 3.8) is 0 Å². The minimum atomic E-state index is -0.952. The molecule has 0 aromatic heterocycles. The highest BCUT2D eigenvalue weighted by molar-refractivity contribution is 5.98. The molecule has 1 aliphatic heterocycles. The van der Waals surface area contributed by atoms with Crippen molar-refractivity contribution >= 4 is 23.5 Å². The number of Topliss-reactive ketones (excluding diaryl/α,β-unsaturated/α-hetero) is 1. The van der Waals surface area contributed by atoms with Crippen molar-refractivity contribution in [3.8, 4) is 0 Å². The Balaban J connectivity index is 1.76. The van der Waals surface area contributed by atoms with Gasteiger partial charge in [0.05, 0.1) is 18.7 Å². The summed E-state index contributed by atoms with van der Waals surface area (Å²) in [6.07, 6.45) is 3.14. The number of nitrogens with one attached hydrogen (secondary N) is 4. The smallest absolute Gasteiger partial charge is 0.243 e. The molecule has 0 unspecified atom stereocenters. The summed E-state index contributed by atoms with van der Waals surface area (Å²) in [5.41, 5.74) is 1.11. The second kappa shape index (κ2) is 17.2. The van der Waals surface area contributed by atoms with Gasteiger partial charge in [0.1, 0.15) is 17.7 Å². The number of ketones is 1. The standard InChI is InChI=1S/C36H52N4O5/c1-24(2)17-19-28(32(41)36(5)23-45-36)38-35(44)31(22-27-15-11-8-12-16-27)40-34(43)30(21-25(3)4)39-33(42)29(37-6)20-18-26-13-9-7-10-14-26/h7-16,24-25,28-31,37H,17-23H2,1-6H3,(H,38,44)(H,39,42)(H,40,43)/t28-,29-,30-,31-,36+/m0/s1. The third-order valence-corrected chi connectivity index (χ3v) is 8.25. The zero-order valence-corrected chi connectivity index (χ0v) is 27.7. The molecule has 1 heterocycles. The fourth-order valence-electron chi connectivity index (χ4n) is 5.33. The van der Waals surface area contributed by atoms with Crippen LogP contribution >= 0.6 is 0 Å². The van der Waals surface area contributed by atoms with Gasteiger partial charge >= 0.3 is 0 Å². The van der Waals surface area contributed by atoms with Gasteiger partial charge in [-0.25, -0.2) is 0 Å². The van der Waals surface area contributed by atoms with Crippen LogP contribution in [0.1, 0.15) is 71.4 Å². The molecule has 2 aromatic carbocycles. The number of hydrogen-bond donors (Lipinski definition) is 4. The van der Waals surface area contributed by atoms with Gasteiger partial charge in [-0.15, -0.1) is 0 Å². The van der Waals surface area contributed by atoms with Gasteiger partial charge in [0, 0.05) is 6.42 Å². The zero-order valence-electron chi connectivity index (χ0n) is 27.7. The Morgan fingerprint density at radius 3 is 1.73 bits per heavy atom. The number of hydrogen-bond acceptors (Lipinski definition) is 6. The van der Waals surface area contributed by atoms with Crippen LogP contribution in [-0.2, 0) is 36.8 Å². The summed E-state index contributed by atoms with van der Waals surface area (Å²) in [4.78, 5) is 54.3. The fourth-order valence-corrected chi connectivity index (χ4v) is 5.33. The first-order valence-corrected chi connectivity index (χ1v) is 16.3. The van der Waals surface area contributed by atoms with Gasteiger partial charge in [-0.3, -0.25) is 19.2 Å². The molecule has 246 valence electrons. The monoisotopic (exact) mass is 620 g/mol. The molecule has 45 heavy (non-hydrogen) atoms. The van der Waals surface area contributed by atoms with E-state index in [1.54, 1.807) is 14.0 Å². The average Bonchev–Trinajstić information content (AvgIpc) is 3.77. The number of rotatable bonds is 19. The van der Waals surface area contributed by atoms with E-state index < -0.39 is 41.6 Å². The van der Waals surface area contributed by atoms with Crippen LogP contribution in [0.4, 0.5) is 0 Å². The Morgan fingerprint density at radius 1 is 0.689 bits per heavy atom. The van der Waals surface area contributed by atoms with Gasteiger partial charge in [0.2, 0.25) is 17.7 Å². The lowest BCUT2D eigenvalue weighted by Crippen LogP contribution is -2.58. The highest BCUT2D eigenvalue weighted by atomic mass is 16.6. The Labute approximate surface area is 268 Å². The molecule has 1 aliphatic rings. The molecule has 5 atom stereocenters. The minimum absolute atomic E-state index is 0.108. The van der Waals surface area contributed by atoms with Crippen LogP contribution in [0.5, 0.6) is 0 Å². The topological polar surface area (TPSA) is 129 Å². The third-order valence-electron chi connectivity index (χ3n) is 8.25. The summed E-state index contributed by atoms with van der Waals surface area (Å²) in [5.74, 6) is -0.843. The summed E-state index contributed by atoms with van der Waals surface area (Å²) < 4.78 is 5.41. The lowest BCUT2D eigenvalue weighted by molar-refractivity contribution is -0.134. The molecule has 0 aliphatic carbocycles. The first-order chi connectivity index (χ1) is 21.4. The SMILES string of the molecule is CN[C@@H](CCc1ccccc1)C(=O)N[C@@H](CC(C)C)C(=O)N[C@@H](Cc1ccccc1)C(=O)N[C@@H](CCC(C)C)C(=O)[C@@]1(C)CO1. The van der Waals surface area contributed by atoms with Crippen LogP contribution in [0.15, 0.2) is 60.7 Å². The average molecular weight is 621 g/mol. The van der Waals surface area contributed by atoms with Crippen LogP contribution in [0.2, 0.25) is 0 Å². The lowest BCUT2D eigenvalue weighted by Gasteiger charge is -2.27. The van der Waals surface area contributed by atoms with E-state index >= 15 is 0 Å². The number of aryl methyl sites for hydroxylation is 1. The molecule has 0 spiro atoms.